The van der Waals surface area contributed by atoms with Gasteiger partial charge in [0.05, 0.1) is 0 Å². The molecular weight excluding hydrogens is 255 g/mol. The summed E-state index contributed by atoms with van der Waals surface area (Å²) in [6.07, 6.45) is 0. The highest BCUT2D eigenvalue weighted by atomic mass is 79.9. The van der Waals surface area contributed by atoms with Crippen molar-refractivity contribution >= 4 is 15.9 Å². The molecule has 0 radical (unpaired) electrons. The molecule has 1 aromatic rings. The summed E-state index contributed by atoms with van der Waals surface area (Å²) in [7, 11) is 0. The molecule has 0 saturated carbocycles. The lowest BCUT2D eigenvalue weighted by molar-refractivity contribution is 0.576. The van der Waals surface area contributed by atoms with Crippen LogP contribution < -0.4 is 0 Å². The molecule has 0 aromatic heterocycles. The fourth-order valence-electron chi connectivity index (χ4n) is 1.97. The molecule has 1 rings (SSSR count). The van der Waals surface area contributed by atoms with Crippen LogP contribution in [0.3, 0.4) is 0 Å². The minimum absolute atomic E-state index is 0.0718. The summed E-state index contributed by atoms with van der Waals surface area (Å²) in [5.74, 6) is -0.0718. The molecule has 0 bridgehead atoms. The molecule has 2 heteroatoms. The Labute approximate surface area is 100 Å². The highest BCUT2D eigenvalue weighted by Crippen LogP contribution is 2.37. The molecule has 15 heavy (non-hydrogen) atoms. The van der Waals surface area contributed by atoms with Gasteiger partial charge in [-0.3, -0.25) is 0 Å². The van der Waals surface area contributed by atoms with Crippen LogP contribution in [0.4, 0.5) is 4.39 Å². The average molecular weight is 273 g/mol. The van der Waals surface area contributed by atoms with Gasteiger partial charge in [0.15, 0.2) is 0 Å². The quantitative estimate of drug-likeness (QED) is 0.651. The van der Waals surface area contributed by atoms with Crippen molar-refractivity contribution in [3.05, 3.63) is 33.6 Å². The summed E-state index contributed by atoms with van der Waals surface area (Å²) < 4.78 is 13.9. The zero-order valence-electron chi connectivity index (χ0n) is 10.3. The third-order valence-corrected chi connectivity index (χ3v) is 3.60. The van der Waals surface area contributed by atoms with E-state index in [1.54, 1.807) is 0 Å². The van der Waals surface area contributed by atoms with Gasteiger partial charge in [0.25, 0.3) is 0 Å². The minimum Gasteiger partial charge on any atom is -0.206 e. The van der Waals surface area contributed by atoms with Crippen LogP contribution in [-0.2, 0) is 4.32 Å². The van der Waals surface area contributed by atoms with Crippen molar-refractivity contribution in [2.24, 2.45) is 0 Å². The highest BCUT2D eigenvalue weighted by molar-refractivity contribution is 9.09. The van der Waals surface area contributed by atoms with Crippen LogP contribution in [0, 0.1) is 33.5 Å². The number of hydrogen-bond acceptors (Lipinski definition) is 0. The maximum Gasteiger partial charge on any atom is 0.131 e. The van der Waals surface area contributed by atoms with E-state index in [0.717, 1.165) is 22.3 Å². The summed E-state index contributed by atoms with van der Waals surface area (Å²) in [6.45, 7) is 11.8. The van der Waals surface area contributed by atoms with Gasteiger partial charge in [-0.05, 0) is 63.8 Å². The largest absolute Gasteiger partial charge is 0.206 e. The Kier molecular flexibility index (Phi) is 3.30. The molecular formula is C13H18BrF. The molecule has 0 aliphatic heterocycles. The number of alkyl halides is 1. The third-order valence-electron chi connectivity index (χ3n) is 3.21. The number of benzene rings is 1. The van der Waals surface area contributed by atoms with E-state index in [0.29, 0.717) is 0 Å². The van der Waals surface area contributed by atoms with Gasteiger partial charge in [0.1, 0.15) is 5.82 Å². The molecule has 0 N–H and O–H groups in total. The monoisotopic (exact) mass is 272 g/mol. The van der Waals surface area contributed by atoms with Crippen molar-refractivity contribution in [3.63, 3.8) is 0 Å². The van der Waals surface area contributed by atoms with Crippen LogP contribution in [0.1, 0.15) is 41.7 Å². The van der Waals surface area contributed by atoms with Crippen LogP contribution in [0.5, 0.6) is 0 Å². The van der Waals surface area contributed by atoms with Crippen molar-refractivity contribution in [3.8, 4) is 0 Å². The Morgan fingerprint density at radius 3 is 1.67 bits per heavy atom. The van der Waals surface area contributed by atoms with E-state index >= 15 is 0 Å². The summed E-state index contributed by atoms with van der Waals surface area (Å²) in [4.78, 5) is 0. The zero-order valence-corrected chi connectivity index (χ0v) is 11.8. The van der Waals surface area contributed by atoms with Crippen molar-refractivity contribution < 1.29 is 4.39 Å². The van der Waals surface area contributed by atoms with Gasteiger partial charge in [-0.2, -0.15) is 0 Å². The lowest BCUT2D eigenvalue weighted by atomic mass is 9.88. The predicted molar refractivity (Wildman–Crippen MR) is 67.3 cm³/mol. The van der Waals surface area contributed by atoms with Gasteiger partial charge in [-0.15, -0.1) is 0 Å². The van der Waals surface area contributed by atoms with Gasteiger partial charge >= 0.3 is 0 Å². The zero-order chi connectivity index (χ0) is 12.0. The first-order valence-electron chi connectivity index (χ1n) is 5.13. The topological polar surface area (TPSA) is 0 Å². The fourth-order valence-corrected chi connectivity index (χ4v) is 2.45. The maximum absolute atomic E-state index is 14.2. The minimum atomic E-state index is -0.315. The molecule has 0 aliphatic rings. The first kappa shape index (κ1) is 12.7. The fraction of sp³-hybridized carbons (Fsp3) is 0.538. The summed E-state index contributed by atoms with van der Waals surface area (Å²) >= 11 is 3.54. The predicted octanol–water partition coefficient (Wildman–Crippen LogP) is 4.69. The van der Waals surface area contributed by atoms with E-state index < -0.39 is 0 Å². The molecule has 0 spiro atoms. The van der Waals surface area contributed by atoms with Gasteiger partial charge < -0.3 is 0 Å². The Bertz CT molecular complexity index is 371. The molecule has 0 unspecified atom stereocenters. The second kappa shape index (κ2) is 3.89. The molecule has 84 valence electrons. The molecule has 0 atom stereocenters. The summed E-state index contributed by atoms with van der Waals surface area (Å²) in [6, 6.07) is 0. The maximum atomic E-state index is 14.2. The lowest BCUT2D eigenvalue weighted by Gasteiger charge is -2.24. The third kappa shape index (κ3) is 2.10. The van der Waals surface area contributed by atoms with Crippen molar-refractivity contribution in [2.45, 2.75) is 45.9 Å². The Hall–Kier alpha value is -0.370. The molecule has 1 aromatic carbocycles. The van der Waals surface area contributed by atoms with E-state index in [1.165, 1.54) is 5.56 Å². The van der Waals surface area contributed by atoms with E-state index in [4.69, 9.17) is 0 Å². The second-order valence-electron chi connectivity index (χ2n) is 4.66. The van der Waals surface area contributed by atoms with Crippen LogP contribution in [0.15, 0.2) is 0 Å². The molecule has 0 heterocycles. The molecule has 0 amide bonds. The Morgan fingerprint density at radius 2 is 1.27 bits per heavy atom. The Morgan fingerprint density at radius 1 is 0.867 bits per heavy atom. The average Bonchev–Trinajstić information content (AvgIpc) is 2.09. The second-order valence-corrected chi connectivity index (χ2v) is 6.64. The first-order valence-corrected chi connectivity index (χ1v) is 5.92. The van der Waals surface area contributed by atoms with Gasteiger partial charge in [-0.1, -0.05) is 15.9 Å². The normalized spacial score (nSPS) is 12.0. The van der Waals surface area contributed by atoms with Gasteiger partial charge in [-0.25, -0.2) is 4.39 Å². The van der Waals surface area contributed by atoms with E-state index in [1.807, 2.05) is 34.6 Å². The number of hydrogen-bond donors (Lipinski definition) is 0. The van der Waals surface area contributed by atoms with Crippen LogP contribution in [0.25, 0.3) is 0 Å². The first-order chi connectivity index (χ1) is 6.68. The van der Waals surface area contributed by atoms with Crippen molar-refractivity contribution in [1.82, 2.24) is 0 Å². The standard InChI is InChI=1S/C13H18BrF/c1-7-8(2)10(4)12(15)11(9(7)3)13(5,6)14/h1-6H3. The van der Waals surface area contributed by atoms with E-state index in [2.05, 4.69) is 22.9 Å². The van der Waals surface area contributed by atoms with Gasteiger partial charge in [0.2, 0.25) is 0 Å². The van der Waals surface area contributed by atoms with E-state index in [9.17, 15) is 4.39 Å². The number of halogens is 2. The molecule has 0 saturated heterocycles. The summed E-state index contributed by atoms with van der Waals surface area (Å²) in [5.41, 5.74) is 4.85. The molecule has 0 aliphatic carbocycles. The lowest BCUT2D eigenvalue weighted by Crippen LogP contribution is -2.15. The Balaban J connectivity index is 3.68. The van der Waals surface area contributed by atoms with Crippen LogP contribution >= 0.6 is 15.9 Å². The van der Waals surface area contributed by atoms with Crippen molar-refractivity contribution in [1.29, 1.82) is 0 Å². The molecule has 0 nitrogen and oxygen atoms in total. The highest BCUT2D eigenvalue weighted by Gasteiger charge is 2.26. The summed E-state index contributed by atoms with van der Waals surface area (Å²) in [5, 5.41) is 0. The van der Waals surface area contributed by atoms with Crippen molar-refractivity contribution in [2.75, 3.05) is 0 Å². The van der Waals surface area contributed by atoms with Gasteiger partial charge in [0, 0.05) is 9.89 Å². The SMILES string of the molecule is Cc1c(C)c(C)c(C(C)(C)Br)c(F)c1C. The van der Waals surface area contributed by atoms with Crippen LogP contribution in [-0.4, -0.2) is 0 Å². The number of rotatable bonds is 1. The molecule has 0 fully saturated rings. The smallest absolute Gasteiger partial charge is 0.131 e. The van der Waals surface area contributed by atoms with E-state index in [-0.39, 0.29) is 10.1 Å². The van der Waals surface area contributed by atoms with Crippen LogP contribution in [0.2, 0.25) is 0 Å².